The smallest absolute Gasteiger partial charge is 0.319 e. The van der Waals surface area contributed by atoms with Gasteiger partial charge in [-0.25, -0.2) is 17.9 Å². The highest BCUT2D eigenvalue weighted by atomic mass is 32.2. The predicted molar refractivity (Wildman–Crippen MR) is 124 cm³/mol. The van der Waals surface area contributed by atoms with Crippen LogP contribution in [0.2, 0.25) is 0 Å². The molecule has 0 aliphatic carbocycles. The second-order valence-corrected chi connectivity index (χ2v) is 8.94. The van der Waals surface area contributed by atoms with Gasteiger partial charge in [0.1, 0.15) is 5.52 Å². The third-order valence-electron chi connectivity index (χ3n) is 5.08. The number of carbonyl (C=O) groups excluding carboxylic acids is 1. The summed E-state index contributed by atoms with van der Waals surface area (Å²) in [5.41, 5.74) is 1.70. The lowest BCUT2D eigenvalue weighted by atomic mass is 10.3. The first-order chi connectivity index (χ1) is 15.8. The van der Waals surface area contributed by atoms with Gasteiger partial charge in [0.05, 0.1) is 31.2 Å². The van der Waals surface area contributed by atoms with Gasteiger partial charge in [-0.2, -0.15) is 4.31 Å². The predicted octanol–water partition coefficient (Wildman–Crippen LogP) is 2.30. The van der Waals surface area contributed by atoms with Crippen molar-refractivity contribution in [2.24, 2.45) is 0 Å². The topological polar surface area (TPSA) is 128 Å². The second kappa shape index (κ2) is 10.5. The third kappa shape index (κ3) is 5.34. The summed E-state index contributed by atoms with van der Waals surface area (Å²) in [6.45, 7) is 5.02. The van der Waals surface area contributed by atoms with Crippen LogP contribution in [0.5, 0.6) is 11.5 Å². The van der Waals surface area contributed by atoms with Crippen molar-refractivity contribution in [2.45, 2.75) is 25.3 Å². The quantitative estimate of drug-likeness (QED) is 0.459. The van der Waals surface area contributed by atoms with Crippen molar-refractivity contribution in [3.63, 3.8) is 0 Å². The van der Waals surface area contributed by atoms with E-state index in [9.17, 15) is 13.2 Å². The molecule has 12 heteroatoms. The van der Waals surface area contributed by atoms with E-state index in [2.05, 4.69) is 20.9 Å². The van der Waals surface area contributed by atoms with E-state index < -0.39 is 10.0 Å². The van der Waals surface area contributed by atoms with E-state index in [1.807, 2.05) is 0 Å². The van der Waals surface area contributed by atoms with E-state index >= 15 is 0 Å². The average molecular weight is 477 g/mol. The SMILES string of the molecule is CCN(CC)S(=O)(=O)c1ccc2c(c1)nnn2CCNC(=O)Nc1ccc(OC)c(OC)c1. The summed E-state index contributed by atoms with van der Waals surface area (Å²) < 4.78 is 38.8. The molecule has 1 heterocycles. The van der Waals surface area contributed by atoms with Crippen LogP contribution in [0.3, 0.4) is 0 Å². The molecule has 178 valence electrons. The van der Waals surface area contributed by atoms with E-state index in [4.69, 9.17) is 9.47 Å². The zero-order valence-corrected chi connectivity index (χ0v) is 19.8. The fourth-order valence-electron chi connectivity index (χ4n) is 3.35. The maximum absolute atomic E-state index is 12.7. The first-order valence-corrected chi connectivity index (χ1v) is 11.9. The average Bonchev–Trinajstić information content (AvgIpc) is 3.22. The Bertz CT molecular complexity index is 1220. The number of hydrogen-bond donors (Lipinski definition) is 2. The van der Waals surface area contributed by atoms with Crippen LogP contribution in [0, 0.1) is 0 Å². The van der Waals surface area contributed by atoms with E-state index in [1.54, 1.807) is 48.9 Å². The van der Waals surface area contributed by atoms with Crippen molar-refractivity contribution in [3.8, 4) is 11.5 Å². The van der Waals surface area contributed by atoms with E-state index in [0.717, 1.165) is 0 Å². The molecule has 0 fully saturated rings. The number of methoxy groups -OCH3 is 2. The molecule has 2 N–H and O–H groups in total. The van der Waals surface area contributed by atoms with Gasteiger partial charge in [0.15, 0.2) is 11.5 Å². The molecule has 0 aliphatic rings. The van der Waals surface area contributed by atoms with Crippen LogP contribution in [0.4, 0.5) is 10.5 Å². The molecule has 3 rings (SSSR count). The maximum atomic E-state index is 12.7. The molecule has 0 saturated carbocycles. The zero-order valence-electron chi connectivity index (χ0n) is 19.0. The Labute approximate surface area is 192 Å². The number of rotatable bonds is 10. The fourth-order valence-corrected chi connectivity index (χ4v) is 4.83. The molecule has 0 spiro atoms. The molecule has 0 atom stereocenters. The normalized spacial score (nSPS) is 11.5. The standard InChI is InChI=1S/C21H28N6O5S/c1-5-26(6-2)33(29,30)16-8-9-18-17(14-16)24-25-27(18)12-11-22-21(28)23-15-7-10-19(31-3)20(13-15)32-4/h7-10,13-14H,5-6,11-12H2,1-4H3,(H2,22,23,28). The number of ether oxygens (including phenoxy) is 2. The highest BCUT2D eigenvalue weighted by Gasteiger charge is 2.22. The molecule has 0 saturated heterocycles. The van der Waals surface area contributed by atoms with Crippen molar-refractivity contribution in [2.75, 3.05) is 39.2 Å². The summed E-state index contributed by atoms with van der Waals surface area (Å²) in [6.07, 6.45) is 0. The van der Waals surface area contributed by atoms with Crippen molar-refractivity contribution in [3.05, 3.63) is 36.4 Å². The maximum Gasteiger partial charge on any atom is 0.319 e. The summed E-state index contributed by atoms with van der Waals surface area (Å²) in [5, 5.41) is 13.6. The van der Waals surface area contributed by atoms with Crippen molar-refractivity contribution in [1.82, 2.24) is 24.6 Å². The van der Waals surface area contributed by atoms with Crippen molar-refractivity contribution < 1.29 is 22.7 Å². The largest absolute Gasteiger partial charge is 0.493 e. The van der Waals surface area contributed by atoms with Gasteiger partial charge in [0, 0.05) is 31.4 Å². The Morgan fingerprint density at radius 1 is 1.06 bits per heavy atom. The van der Waals surface area contributed by atoms with Gasteiger partial charge < -0.3 is 20.1 Å². The summed E-state index contributed by atoms with van der Waals surface area (Å²) in [6, 6.07) is 9.42. The molecule has 3 aromatic rings. The van der Waals surface area contributed by atoms with Crippen LogP contribution < -0.4 is 20.1 Å². The molecule has 0 radical (unpaired) electrons. The minimum absolute atomic E-state index is 0.179. The van der Waals surface area contributed by atoms with Crippen LogP contribution in [0.15, 0.2) is 41.3 Å². The molecule has 0 unspecified atom stereocenters. The number of carbonyl (C=O) groups is 1. The van der Waals surface area contributed by atoms with Gasteiger partial charge in [-0.3, -0.25) is 0 Å². The number of aromatic nitrogens is 3. The molecule has 0 bridgehead atoms. The summed E-state index contributed by atoms with van der Waals surface area (Å²) >= 11 is 0. The number of urea groups is 1. The molecule has 2 aromatic carbocycles. The molecular weight excluding hydrogens is 448 g/mol. The Kier molecular flexibility index (Phi) is 7.71. The van der Waals surface area contributed by atoms with Gasteiger partial charge in [-0.15, -0.1) is 5.10 Å². The number of anilines is 1. The van der Waals surface area contributed by atoms with Gasteiger partial charge in [0.25, 0.3) is 0 Å². The van der Waals surface area contributed by atoms with Gasteiger partial charge in [-0.05, 0) is 30.3 Å². The monoisotopic (exact) mass is 476 g/mol. The van der Waals surface area contributed by atoms with E-state index in [0.29, 0.717) is 47.9 Å². The lowest BCUT2D eigenvalue weighted by Crippen LogP contribution is -2.31. The van der Waals surface area contributed by atoms with E-state index in [-0.39, 0.29) is 17.5 Å². The number of fused-ring (bicyclic) bond motifs is 1. The molecule has 2 amide bonds. The summed E-state index contributed by atoms with van der Waals surface area (Å²) in [5.74, 6) is 1.07. The first kappa shape index (κ1) is 24.3. The van der Waals surface area contributed by atoms with Crippen LogP contribution in [0.1, 0.15) is 13.8 Å². The highest BCUT2D eigenvalue weighted by Crippen LogP contribution is 2.29. The van der Waals surface area contributed by atoms with Crippen molar-refractivity contribution >= 4 is 32.8 Å². The molecule has 33 heavy (non-hydrogen) atoms. The van der Waals surface area contributed by atoms with Gasteiger partial charge in [0.2, 0.25) is 10.0 Å². The summed E-state index contributed by atoms with van der Waals surface area (Å²) in [4.78, 5) is 12.4. The number of sulfonamides is 1. The number of nitrogens with zero attached hydrogens (tertiary/aromatic N) is 4. The Morgan fingerprint density at radius 3 is 2.45 bits per heavy atom. The lowest BCUT2D eigenvalue weighted by Gasteiger charge is -2.18. The number of hydrogen-bond acceptors (Lipinski definition) is 7. The number of nitrogens with one attached hydrogen (secondary N) is 2. The number of amides is 2. The van der Waals surface area contributed by atoms with Crippen LogP contribution in [-0.2, 0) is 16.6 Å². The highest BCUT2D eigenvalue weighted by molar-refractivity contribution is 7.89. The van der Waals surface area contributed by atoms with Crippen LogP contribution in [-0.4, -0.2) is 67.6 Å². The third-order valence-corrected chi connectivity index (χ3v) is 7.13. The Morgan fingerprint density at radius 2 is 1.79 bits per heavy atom. The molecule has 1 aromatic heterocycles. The molecular formula is C21H28N6O5S. The van der Waals surface area contributed by atoms with Crippen molar-refractivity contribution in [1.29, 1.82) is 0 Å². The Hall–Kier alpha value is -3.38. The van der Waals surface area contributed by atoms with Gasteiger partial charge >= 0.3 is 6.03 Å². The van der Waals surface area contributed by atoms with Gasteiger partial charge in [-0.1, -0.05) is 19.1 Å². The minimum Gasteiger partial charge on any atom is -0.493 e. The van der Waals surface area contributed by atoms with Crippen LogP contribution in [0.25, 0.3) is 11.0 Å². The summed E-state index contributed by atoms with van der Waals surface area (Å²) in [7, 11) is -0.519. The van der Waals surface area contributed by atoms with E-state index in [1.165, 1.54) is 24.6 Å². The Balaban J connectivity index is 1.62. The fraction of sp³-hybridized carbons (Fsp3) is 0.381. The lowest BCUT2D eigenvalue weighted by molar-refractivity contribution is 0.251. The minimum atomic E-state index is -3.58. The first-order valence-electron chi connectivity index (χ1n) is 10.4. The van der Waals surface area contributed by atoms with Crippen LogP contribution >= 0.6 is 0 Å². The zero-order chi connectivity index (χ0) is 24.0. The molecule has 11 nitrogen and oxygen atoms in total. The number of benzene rings is 2. The second-order valence-electron chi connectivity index (χ2n) is 7.00. The molecule has 0 aliphatic heterocycles.